The SMILES string of the molecule is Cc1nc(-c2ccccc2)sc1C(=O)Nc1nc(-c2ccc(Cl)cc2)c(C)s1. The molecule has 1 N–H and O–H groups in total. The van der Waals surface area contributed by atoms with Crippen LogP contribution in [0.15, 0.2) is 54.6 Å². The molecule has 0 spiro atoms. The van der Waals surface area contributed by atoms with Crippen LogP contribution in [-0.2, 0) is 0 Å². The van der Waals surface area contributed by atoms with Crippen LogP contribution in [-0.4, -0.2) is 15.9 Å². The molecule has 4 rings (SSSR count). The highest BCUT2D eigenvalue weighted by Crippen LogP contribution is 2.32. The third-order valence-corrected chi connectivity index (χ3v) is 6.50. The van der Waals surface area contributed by atoms with Crippen molar-refractivity contribution in [3.8, 4) is 21.8 Å². The topological polar surface area (TPSA) is 54.9 Å². The Morgan fingerprint density at radius 2 is 1.64 bits per heavy atom. The average Bonchev–Trinajstić information content (AvgIpc) is 3.26. The van der Waals surface area contributed by atoms with E-state index in [-0.39, 0.29) is 5.91 Å². The molecule has 0 aliphatic carbocycles. The first kappa shape index (κ1) is 18.8. The quantitative estimate of drug-likeness (QED) is 0.408. The van der Waals surface area contributed by atoms with E-state index >= 15 is 0 Å². The summed E-state index contributed by atoms with van der Waals surface area (Å²) in [6.45, 7) is 3.84. The predicted octanol–water partition coefficient (Wildman–Crippen LogP) is 6.46. The number of nitrogens with zero attached hydrogens (tertiary/aromatic N) is 2. The molecular weight excluding hydrogens is 410 g/mol. The number of nitrogens with one attached hydrogen (secondary N) is 1. The molecule has 0 fully saturated rings. The Labute approximate surface area is 175 Å². The zero-order valence-electron chi connectivity index (χ0n) is 15.2. The van der Waals surface area contributed by atoms with Crippen LogP contribution in [0.1, 0.15) is 20.2 Å². The lowest BCUT2D eigenvalue weighted by Crippen LogP contribution is -2.11. The van der Waals surface area contributed by atoms with Gasteiger partial charge in [0.05, 0.1) is 11.4 Å². The summed E-state index contributed by atoms with van der Waals surface area (Å²) in [4.78, 5) is 23.6. The van der Waals surface area contributed by atoms with E-state index in [2.05, 4.69) is 15.3 Å². The van der Waals surface area contributed by atoms with Gasteiger partial charge in [-0.2, -0.15) is 0 Å². The smallest absolute Gasteiger partial charge is 0.269 e. The fraction of sp³-hybridized carbons (Fsp3) is 0.0952. The molecule has 140 valence electrons. The lowest BCUT2D eigenvalue weighted by molar-refractivity contribution is 0.103. The van der Waals surface area contributed by atoms with Gasteiger partial charge < -0.3 is 0 Å². The predicted molar refractivity (Wildman–Crippen MR) is 118 cm³/mol. The van der Waals surface area contributed by atoms with Crippen LogP contribution in [0.5, 0.6) is 0 Å². The minimum Gasteiger partial charge on any atom is -0.297 e. The third kappa shape index (κ3) is 3.85. The Morgan fingerprint density at radius 1 is 0.929 bits per heavy atom. The number of carbonyl (C=O) groups excluding carboxylic acids is 1. The maximum atomic E-state index is 12.8. The number of carbonyl (C=O) groups is 1. The molecule has 0 atom stereocenters. The van der Waals surface area contributed by atoms with E-state index in [0.29, 0.717) is 20.7 Å². The lowest BCUT2D eigenvalue weighted by atomic mass is 10.1. The van der Waals surface area contributed by atoms with E-state index in [4.69, 9.17) is 11.6 Å². The number of benzene rings is 2. The standard InChI is InChI=1S/C21H16ClN3OS2/c1-12-18(28-20(23-12)15-6-4-3-5-7-15)19(26)25-21-24-17(13(2)27-21)14-8-10-16(22)11-9-14/h3-11H,1-2H3,(H,24,25,26). The summed E-state index contributed by atoms with van der Waals surface area (Å²) in [7, 11) is 0. The molecule has 0 saturated carbocycles. The molecule has 0 unspecified atom stereocenters. The van der Waals surface area contributed by atoms with Crippen molar-refractivity contribution in [2.75, 3.05) is 5.32 Å². The van der Waals surface area contributed by atoms with Crippen molar-refractivity contribution < 1.29 is 4.79 Å². The minimum atomic E-state index is -0.186. The van der Waals surface area contributed by atoms with Gasteiger partial charge in [-0.1, -0.05) is 54.1 Å². The van der Waals surface area contributed by atoms with Crippen molar-refractivity contribution in [3.05, 3.63) is 75.1 Å². The number of aromatic nitrogens is 2. The Morgan fingerprint density at radius 3 is 2.36 bits per heavy atom. The van der Waals surface area contributed by atoms with Gasteiger partial charge in [-0.3, -0.25) is 10.1 Å². The van der Waals surface area contributed by atoms with Crippen molar-refractivity contribution in [1.82, 2.24) is 9.97 Å². The van der Waals surface area contributed by atoms with E-state index in [1.165, 1.54) is 22.7 Å². The molecule has 0 saturated heterocycles. The first-order valence-corrected chi connectivity index (χ1v) is 10.6. The van der Waals surface area contributed by atoms with Crippen LogP contribution in [0.3, 0.4) is 0 Å². The molecule has 0 aliphatic heterocycles. The molecule has 0 bridgehead atoms. The van der Waals surface area contributed by atoms with E-state index in [1.54, 1.807) is 0 Å². The summed E-state index contributed by atoms with van der Waals surface area (Å²) in [5.41, 5.74) is 3.54. The number of anilines is 1. The Hall–Kier alpha value is -2.54. The first-order valence-electron chi connectivity index (χ1n) is 8.59. The number of rotatable bonds is 4. The molecule has 0 aliphatic rings. The number of thiazole rings is 2. The highest BCUT2D eigenvalue weighted by molar-refractivity contribution is 7.18. The minimum absolute atomic E-state index is 0.186. The summed E-state index contributed by atoms with van der Waals surface area (Å²) < 4.78 is 0. The Kier molecular flexibility index (Phi) is 5.26. The van der Waals surface area contributed by atoms with Crippen molar-refractivity contribution >= 4 is 45.3 Å². The largest absolute Gasteiger partial charge is 0.297 e. The van der Waals surface area contributed by atoms with Crippen LogP contribution in [0, 0.1) is 13.8 Å². The van der Waals surface area contributed by atoms with Gasteiger partial charge in [0.15, 0.2) is 5.13 Å². The lowest BCUT2D eigenvalue weighted by Gasteiger charge is -2.00. The summed E-state index contributed by atoms with van der Waals surface area (Å²) >= 11 is 8.80. The molecule has 4 nitrogen and oxygen atoms in total. The first-order chi connectivity index (χ1) is 13.5. The number of hydrogen-bond donors (Lipinski definition) is 1. The van der Waals surface area contributed by atoms with E-state index in [1.807, 2.05) is 68.4 Å². The summed E-state index contributed by atoms with van der Waals surface area (Å²) in [6.07, 6.45) is 0. The molecule has 28 heavy (non-hydrogen) atoms. The average molecular weight is 426 g/mol. The van der Waals surface area contributed by atoms with Gasteiger partial charge in [-0.25, -0.2) is 9.97 Å². The van der Waals surface area contributed by atoms with Gasteiger partial charge in [0, 0.05) is 21.0 Å². The zero-order valence-corrected chi connectivity index (χ0v) is 17.6. The molecule has 2 aromatic carbocycles. The monoisotopic (exact) mass is 425 g/mol. The molecule has 7 heteroatoms. The van der Waals surface area contributed by atoms with Gasteiger partial charge in [-0.05, 0) is 26.0 Å². The Bertz CT molecular complexity index is 1130. The second kappa shape index (κ2) is 7.83. The van der Waals surface area contributed by atoms with Crippen LogP contribution < -0.4 is 5.32 Å². The second-order valence-electron chi connectivity index (χ2n) is 6.18. The maximum Gasteiger partial charge on any atom is 0.269 e. The second-order valence-corrected chi connectivity index (χ2v) is 8.82. The van der Waals surface area contributed by atoms with E-state index in [9.17, 15) is 4.79 Å². The summed E-state index contributed by atoms with van der Waals surface area (Å²) in [5, 5.41) is 5.00. The fourth-order valence-corrected chi connectivity index (χ4v) is 4.71. The highest BCUT2D eigenvalue weighted by atomic mass is 35.5. The molecule has 1 amide bonds. The van der Waals surface area contributed by atoms with Crippen molar-refractivity contribution in [2.24, 2.45) is 0 Å². The van der Waals surface area contributed by atoms with Crippen molar-refractivity contribution in [2.45, 2.75) is 13.8 Å². The molecule has 0 radical (unpaired) electrons. The van der Waals surface area contributed by atoms with Gasteiger partial charge in [0.2, 0.25) is 0 Å². The summed E-state index contributed by atoms with van der Waals surface area (Å²) in [5.74, 6) is -0.186. The summed E-state index contributed by atoms with van der Waals surface area (Å²) in [6, 6.07) is 17.4. The molecule has 2 heterocycles. The number of halogens is 1. The van der Waals surface area contributed by atoms with Gasteiger partial charge >= 0.3 is 0 Å². The van der Waals surface area contributed by atoms with Crippen LogP contribution >= 0.6 is 34.3 Å². The van der Waals surface area contributed by atoms with Crippen LogP contribution in [0.4, 0.5) is 5.13 Å². The Balaban J connectivity index is 1.57. The van der Waals surface area contributed by atoms with Crippen molar-refractivity contribution in [1.29, 1.82) is 0 Å². The maximum absolute atomic E-state index is 12.8. The number of aryl methyl sites for hydroxylation is 2. The van der Waals surface area contributed by atoms with Crippen LogP contribution in [0.2, 0.25) is 5.02 Å². The number of hydrogen-bond acceptors (Lipinski definition) is 5. The third-order valence-electron chi connectivity index (χ3n) is 4.16. The van der Waals surface area contributed by atoms with Gasteiger partial charge in [-0.15, -0.1) is 22.7 Å². The molecule has 2 aromatic heterocycles. The zero-order chi connectivity index (χ0) is 19.7. The van der Waals surface area contributed by atoms with Crippen molar-refractivity contribution in [3.63, 3.8) is 0 Å². The normalized spacial score (nSPS) is 10.8. The highest BCUT2D eigenvalue weighted by Gasteiger charge is 2.18. The van der Waals surface area contributed by atoms with Gasteiger partial charge in [0.1, 0.15) is 9.88 Å². The van der Waals surface area contributed by atoms with Gasteiger partial charge in [0.25, 0.3) is 5.91 Å². The molecule has 4 aromatic rings. The fourth-order valence-electron chi connectivity index (χ4n) is 2.79. The number of amides is 1. The van der Waals surface area contributed by atoms with E-state index < -0.39 is 0 Å². The van der Waals surface area contributed by atoms with E-state index in [0.717, 1.165) is 26.7 Å². The molecular formula is C21H16ClN3OS2. The van der Waals surface area contributed by atoms with Crippen LogP contribution in [0.25, 0.3) is 21.8 Å².